The SMILES string of the molecule is O=C(O)CN1CCN(Cc2noc(C3CC3)n2)CC1. The van der Waals surface area contributed by atoms with E-state index in [1.54, 1.807) is 0 Å². The Hall–Kier alpha value is -1.47. The van der Waals surface area contributed by atoms with Gasteiger partial charge in [0.25, 0.3) is 0 Å². The molecule has 1 aliphatic heterocycles. The van der Waals surface area contributed by atoms with E-state index in [0.717, 1.165) is 50.7 Å². The topological polar surface area (TPSA) is 82.7 Å². The zero-order chi connectivity index (χ0) is 13.2. The summed E-state index contributed by atoms with van der Waals surface area (Å²) in [6.45, 7) is 4.07. The highest BCUT2D eigenvalue weighted by atomic mass is 16.5. The predicted octanol–water partition coefficient (Wildman–Crippen LogP) is 0.149. The van der Waals surface area contributed by atoms with Crippen molar-refractivity contribution in [1.82, 2.24) is 19.9 Å². The van der Waals surface area contributed by atoms with Gasteiger partial charge in [-0.25, -0.2) is 0 Å². The minimum absolute atomic E-state index is 0.127. The van der Waals surface area contributed by atoms with E-state index in [1.165, 1.54) is 0 Å². The Bertz CT molecular complexity index is 450. The molecule has 2 fully saturated rings. The predicted molar refractivity (Wildman–Crippen MR) is 65.6 cm³/mol. The first-order chi connectivity index (χ1) is 9.20. The molecule has 0 aromatic carbocycles. The average Bonchev–Trinajstić information content (AvgIpc) is 3.12. The van der Waals surface area contributed by atoms with Gasteiger partial charge in [0.15, 0.2) is 5.82 Å². The lowest BCUT2D eigenvalue weighted by atomic mass is 10.3. The van der Waals surface area contributed by atoms with Crippen LogP contribution in [0, 0.1) is 0 Å². The smallest absolute Gasteiger partial charge is 0.317 e. The first kappa shape index (κ1) is 12.6. The lowest BCUT2D eigenvalue weighted by molar-refractivity contribution is -0.138. The van der Waals surface area contributed by atoms with Gasteiger partial charge in [-0.15, -0.1) is 0 Å². The fourth-order valence-electron chi connectivity index (χ4n) is 2.32. The van der Waals surface area contributed by atoms with Crippen LogP contribution in [0.1, 0.15) is 30.5 Å². The normalized spacial score (nSPS) is 21.7. The monoisotopic (exact) mass is 266 g/mol. The van der Waals surface area contributed by atoms with Crippen molar-refractivity contribution in [3.05, 3.63) is 11.7 Å². The highest BCUT2D eigenvalue weighted by Gasteiger charge is 2.30. The second kappa shape index (κ2) is 5.26. The molecule has 2 aliphatic rings. The van der Waals surface area contributed by atoms with Crippen LogP contribution in [0.2, 0.25) is 0 Å². The number of piperazine rings is 1. The molecule has 1 N–H and O–H groups in total. The number of hydrogen-bond acceptors (Lipinski definition) is 6. The Labute approximate surface area is 111 Å². The van der Waals surface area contributed by atoms with E-state index >= 15 is 0 Å². The van der Waals surface area contributed by atoms with Gasteiger partial charge < -0.3 is 9.63 Å². The van der Waals surface area contributed by atoms with E-state index in [4.69, 9.17) is 9.63 Å². The molecule has 0 bridgehead atoms. The highest BCUT2D eigenvalue weighted by molar-refractivity contribution is 5.69. The lowest BCUT2D eigenvalue weighted by Gasteiger charge is -2.32. The zero-order valence-electron chi connectivity index (χ0n) is 10.8. The van der Waals surface area contributed by atoms with E-state index in [0.29, 0.717) is 12.5 Å². The molecule has 1 aromatic heterocycles. The van der Waals surface area contributed by atoms with Crippen LogP contribution in [-0.4, -0.2) is 63.7 Å². The van der Waals surface area contributed by atoms with Crippen molar-refractivity contribution in [3.63, 3.8) is 0 Å². The van der Waals surface area contributed by atoms with Crippen molar-refractivity contribution < 1.29 is 14.4 Å². The molecule has 3 rings (SSSR count). The Morgan fingerprint density at radius 3 is 2.58 bits per heavy atom. The minimum atomic E-state index is -0.763. The van der Waals surface area contributed by atoms with Gasteiger partial charge >= 0.3 is 5.97 Å². The van der Waals surface area contributed by atoms with Crippen LogP contribution in [-0.2, 0) is 11.3 Å². The van der Waals surface area contributed by atoms with Crippen molar-refractivity contribution in [2.45, 2.75) is 25.3 Å². The number of rotatable bonds is 5. The van der Waals surface area contributed by atoms with Crippen LogP contribution in [0.3, 0.4) is 0 Å². The van der Waals surface area contributed by atoms with Crippen LogP contribution >= 0.6 is 0 Å². The quantitative estimate of drug-likeness (QED) is 0.812. The van der Waals surface area contributed by atoms with E-state index in [9.17, 15) is 4.79 Å². The molecule has 0 amide bonds. The van der Waals surface area contributed by atoms with Gasteiger partial charge in [0.1, 0.15) is 0 Å². The van der Waals surface area contributed by atoms with Gasteiger partial charge in [0.05, 0.1) is 13.1 Å². The maximum absolute atomic E-state index is 10.6. The molecule has 1 aliphatic carbocycles. The summed E-state index contributed by atoms with van der Waals surface area (Å²) in [6.07, 6.45) is 2.32. The standard InChI is InChI=1S/C12H18N4O3/c17-11(18)8-16-5-3-15(4-6-16)7-10-13-12(19-14-10)9-1-2-9/h9H,1-8H2,(H,17,18). The van der Waals surface area contributed by atoms with Crippen molar-refractivity contribution in [2.75, 3.05) is 32.7 Å². The summed E-state index contributed by atoms with van der Waals surface area (Å²) < 4.78 is 5.23. The van der Waals surface area contributed by atoms with Crippen molar-refractivity contribution in [3.8, 4) is 0 Å². The summed E-state index contributed by atoms with van der Waals surface area (Å²) in [7, 11) is 0. The maximum atomic E-state index is 10.6. The van der Waals surface area contributed by atoms with Crippen molar-refractivity contribution >= 4 is 5.97 Å². The van der Waals surface area contributed by atoms with Crippen LogP contribution in [0.4, 0.5) is 0 Å². The summed E-state index contributed by atoms with van der Waals surface area (Å²) in [5, 5.41) is 12.7. The molecular formula is C12H18N4O3. The summed E-state index contributed by atoms with van der Waals surface area (Å²) >= 11 is 0. The molecular weight excluding hydrogens is 248 g/mol. The number of hydrogen-bond donors (Lipinski definition) is 1. The summed E-state index contributed by atoms with van der Waals surface area (Å²) in [4.78, 5) is 19.2. The Morgan fingerprint density at radius 1 is 1.26 bits per heavy atom. The summed E-state index contributed by atoms with van der Waals surface area (Å²) in [5.74, 6) is 1.25. The Balaban J connectivity index is 1.47. The van der Waals surface area contributed by atoms with E-state index in [2.05, 4.69) is 15.0 Å². The first-order valence-corrected chi connectivity index (χ1v) is 6.69. The number of carboxylic acid groups (broad SMARTS) is 1. The van der Waals surface area contributed by atoms with E-state index in [1.807, 2.05) is 4.90 Å². The minimum Gasteiger partial charge on any atom is -0.480 e. The Kier molecular flexibility index (Phi) is 3.48. The first-order valence-electron chi connectivity index (χ1n) is 6.69. The molecule has 0 spiro atoms. The molecule has 0 radical (unpaired) electrons. The van der Waals surface area contributed by atoms with Crippen LogP contribution in [0.25, 0.3) is 0 Å². The molecule has 19 heavy (non-hydrogen) atoms. The molecule has 1 saturated carbocycles. The van der Waals surface area contributed by atoms with Gasteiger partial charge in [-0.1, -0.05) is 5.16 Å². The molecule has 7 heteroatoms. The second-order valence-electron chi connectivity index (χ2n) is 5.27. The third kappa shape index (κ3) is 3.30. The fraction of sp³-hybridized carbons (Fsp3) is 0.750. The number of carbonyl (C=O) groups is 1. The number of carboxylic acids is 1. The van der Waals surface area contributed by atoms with Crippen LogP contribution < -0.4 is 0 Å². The maximum Gasteiger partial charge on any atom is 0.317 e. The molecule has 2 heterocycles. The van der Waals surface area contributed by atoms with E-state index < -0.39 is 5.97 Å². The van der Waals surface area contributed by atoms with Crippen LogP contribution in [0.5, 0.6) is 0 Å². The van der Waals surface area contributed by atoms with Crippen molar-refractivity contribution in [1.29, 1.82) is 0 Å². The average molecular weight is 266 g/mol. The highest BCUT2D eigenvalue weighted by Crippen LogP contribution is 2.38. The van der Waals surface area contributed by atoms with Gasteiger partial charge in [-0.2, -0.15) is 4.98 Å². The van der Waals surface area contributed by atoms with Gasteiger partial charge in [0.2, 0.25) is 5.89 Å². The fourth-order valence-corrected chi connectivity index (χ4v) is 2.32. The van der Waals surface area contributed by atoms with Gasteiger partial charge in [0, 0.05) is 32.1 Å². The molecule has 1 saturated heterocycles. The van der Waals surface area contributed by atoms with Gasteiger partial charge in [-0.05, 0) is 12.8 Å². The molecule has 104 valence electrons. The Morgan fingerprint density at radius 2 is 1.95 bits per heavy atom. The summed E-state index contributed by atoms with van der Waals surface area (Å²) in [5.41, 5.74) is 0. The molecule has 7 nitrogen and oxygen atoms in total. The number of aromatic nitrogens is 2. The molecule has 1 aromatic rings. The second-order valence-corrected chi connectivity index (χ2v) is 5.27. The molecule has 0 unspecified atom stereocenters. The zero-order valence-corrected chi connectivity index (χ0v) is 10.8. The largest absolute Gasteiger partial charge is 0.480 e. The van der Waals surface area contributed by atoms with Crippen LogP contribution in [0.15, 0.2) is 4.52 Å². The summed E-state index contributed by atoms with van der Waals surface area (Å²) in [6, 6.07) is 0. The molecule has 0 atom stereocenters. The third-order valence-corrected chi connectivity index (χ3v) is 3.60. The van der Waals surface area contributed by atoms with Crippen molar-refractivity contribution in [2.24, 2.45) is 0 Å². The lowest BCUT2D eigenvalue weighted by Crippen LogP contribution is -2.47. The number of aliphatic carboxylic acids is 1. The number of nitrogens with zero attached hydrogens (tertiary/aromatic N) is 4. The third-order valence-electron chi connectivity index (χ3n) is 3.60. The van der Waals surface area contributed by atoms with E-state index in [-0.39, 0.29) is 6.54 Å². The van der Waals surface area contributed by atoms with Gasteiger partial charge in [-0.3, -0.25) is 14.6 Å².